The summed E-state index contributed by atoms with van der Waals surface area (Å²) in [5.41, 5.74) is 0.457. The van der Waals surface area contributed by atoms with Gasteiger partial charge in [0.1, 0.15) is 0 Å². The second-order valence-corrected chi connectivity index (χ2v) is 6.45. The zero-order valence-corrected chi connectivity index (χ0v) is 11.7. The molecule has 1 fully saturated rings. The van der Waals surface area contributed by atoms with Crippen LogP contribution < -0.4 is 0 Å². The monoisotopic (exact) mass is 238 g/mol. The molecule has 0 aromatic heterocycles. The van der Waals surface area contributed by atoms with E-state index in [1.165, 1.54) is 25.7 Å². The van der Waals surface area contributed by atoms with Crippen LogP contribution in [0.15, 0.2) is 5.10 Å². The van der Waals surface area contributed by atoms with Gasteiger partial charge in [-0.1, -0.05) is 20.8 Å². The summed E-state index contributed by atoms with van der Waals surface area (Å²) >= 11 is 0. The minimum Gasteiger partial charge on any atom is -0.457 e. The van der Waals surface area contributed by atoms with E-state index >= 15 is 0 Å². The van der Waals surface area contributed by atoms with Gasteiger partial charge in [0.05, 0.1) is 0 Å². The summed E-state index contributed by atoms with van der Waals surface area (Å²) in [7, 11) is 0. The molecule has 1 saturated carbocycles. The highest BCUT2D eigenvalue weighted by molar-refractivity contribution is 5.79. The van der Waals surface area contributed by atoms with Gasteiger partial charge in [0.15, 0.2) is 6.73 Å². The Morgan fingerprint density at radius 1 is 1.24 bits per heavy atom. The minimum absolute atomic E-state index is 0.457. The van der Waals surface area contributed by atoms with Crippen LogP contribution in [0.3, 0.4) is 0 Å². The van der Waals surface area contributed by atoms with Gasteiger partial charge in [-0.05, 0) is 43.9 Å². The van der Waals surface area contributed by atoms with E-state index in [1.54, 1.807) is 0 Å². The second kappa shape index (κ2) is 4.87. The molecule has 1 aliphatic carbocycles. The van der Waals surface area contributed by atoms with Crippen molar-refractivity contribution < 1.29 is 4.74 Å². The molecule has 0 amide bonds. The maximum atomic E-state index is 5.69. The molecule has 0 aromatic carbocycles. The first-order chi connectivity index (χ1) is 8.00. The number of hydrogen-bond donors (Lipinski definition) is 0. The van der Waals surface area contributed by atoms with Crippen LogP contribution in [0.25, 0.3) is 0 Å². The van der Waals surface area contributed by atoms with Crippen molar-refractivity contribution in [1.29, 1.82) is 0 Å². The Morgan fingerprint density at radius 2 is 1.88 bits per heavy atom. The van der Waals surface area contributed by atoms with Crippen LogP contribution >= 0.6 is 0 Å². The lowest BCUT2D eigenvalue weighted by molar-refractivity contribution is 0.147. The number of rotatable bonds is 2. The van der Waals surface area contributed by atoms with Gasteiger partial charge in [0.25, 0.3) is 0 Å². The first-order valence-electron chi connectivity index (χ1n) is 6.97. The summed E-state index contributed by atoms with van der Waals surface area (Å²) in [6, 6.07) is 0. The van der Waals surface area contributed by atoms with Crippen LogP contribution in [0, 0.1) is 17.3 Å². The van der Waals surface area contributed by atoms with E-state index in [0.717, 1.165) is 18.4 Å². The standard InChI is InChI=1S/C14H26N2O/c1-5-16-10-17-13(15-16)11-6-8-12(9-7-11)14(2,3)4/h11-12H,5-10H2,1-4H3. The van der Waals surface area contributed by atoms with Gasteiger partial charge in [-0.15, -0.1) is 5.10 Å². The average molecular weight is 238 g/mol. The van der Waals surface area contributed by atoms with E-state index < -0.39 is 0 Å². The summed E-state index contributed by atoms with van der Waals surface area (Å²) in [5, 5.41) is 6.55. The first-order valence-corrected chi connectivity index (χ1v) is 6.97. The van der Waals surface area contributed by atoms with Gasteiger partial charge < -0.3 is 4.74 Å². The van der Waals surface area contributed by atoms with Crippen molar-refractivity contribution in [1.82, 2.24) is 5.01 Å². The summed E-state index contributed by atoms with van der Waals surface area (Å²) < 4.78 is 5.69. The Kier molecular flexibility index (Phi) is 3.64. The quantitative estimate of drug-likeness (QED) is 0.736. The predicted molar refractivity (Wildman–Crippen MR) is 70.7 cm³/mol. The lowest BCUT2D eigenvalue weighted by Gasteiger charge is -2.36. The van der Waals surface area contributed by atoms with Gasteiger partial charge in [0, 0.05) is 12.5 Å². The predicted octanol–water partition coefficient (Wildman–Crippen LogP) is 3.46. The highest BCUT2D eigenvalue weighted by Gasteiger charge is 2.33. The van der Waals surface area contributed by atoms with Crippen LogP contribution in [0.4, 0.5) is 0 Å². The third kappa shape index (κ3) is 2.93. The second-order valence-electron chi connectivity index (χ2n) is 6.45. The van der Waals surface area contributed by atoms with Crippen LogP contribution in [-0.4, -0.2) is 24.2 Å². The van der Waals surface area contributed by atoms with Crippen molar-refractivity contribution in [2.75, 3.05) is 13.3 Å². The van der Waals surface area contributed by atoms with E-state index in [2.05, 4.69) is 32.8 Å². The Morgan fingerprint density at radius 3 is 2.35 bits per heavy atom. The molecule has 2 aliphatic rings. The molecule has 3 heteroatoms. The number of hydrogen-bond acceptors (Lipinski definition) is 3. The Labute approximate surface area is 105 Å². The molecule has 3 nitrogen and oxygen atoms in total. The molecule has 0 bridgehead atoms. The molecule has 2 rings (SSSR count). The zero-order valence-electron chi connectivity index (χ0n) is 11.7. The fraction of sp³-hybridized carbons (Fsp3) is 0.929. The van der Waals surface area contributed by atoms with E-state index in [4.69, 9.17) is 4.74 Å². The van der Waals surface area contributed by atoms with Crippen LogP contribution in [-0.2, 0) is 4.74 Å². The van der Waals surface area contributed by atoms with E-state index in [-0.39, 0.29) is 0 Å². The zero-order chi connectivity index (χ0) is 12.5. The molecule has 0 unspecified atom stereocenters. The molecule has 1 aliphatic heterocycles. The molecule has 0 aromatic rings. The number of ether oxygens (including phenoxy) is 1. The molecular weight excluding hydrogens is 212 g/mol. The molecule has 0 spiro atoms. The normalized spacial score (nSPS) is 30.1. The fourth-order valence-corrected chi connectivity index (χ4v) is 2.91. The highest BCUT2D eigenvalue weighted by atomic mass is 16.5. The molecule has 1 heterocycles. The lowest BCUT2D eigenvalue weighted by Crippen LogP contribution is -2.28. The van der Waals surface area contributed by atoms with E-state index in [9.17, 15) is 0 Å². The summed E-state index contributed by atoms with van der Waals surface area (Å²) in [5.74, 6) is 2.44. The van der Waals surface area contributed by atoms with Crippen LogP contribution in [0.2, 0.25) is 0 Å². The molecule has 0 N–H and O–H groups in total. The van der Waals surface area contributed by atoms with Crippen molar-refractivity contribution in [3.05, 3.63) is 0 Å². The molecule has 0 saturated heterocycles. The first kappa shape index (κ1) is 12.7. The third-order valence-corrected chi connectivity index (χ3v) is 4.27. The molecular formula is C14H26N2O. The van der Waals surface area contributed by atoms with Gasteiger partial charge in [0.2, 0.25) is 5.90 Å². The van der Waals surface area contributed by atoms with Crippen LogP contribution in [0.1, 0.15) is 53.4 Å². The minimum atomic E-state index is 0.457. The van der Waals surface area contributed by atoms with E-state index in [0.29, 0.717) is 18.1 Å². The summed E-state index contributed by atoms with van der Waals surface area (Å²) in [6.07, 6.45) is 5.14. The van der Waals surface area contributed by atoms with Gasteiger partial charge in [-0.25, -0.2) is 0 Å². The van der Waals surface area contributed by atoms with E-state index in [1.807, 2.05) is 5.01 Å². The number of hydrazone groups is 1. The molecule has 0 radical (unpaired) electrons. The third-order valence-electron chi connectivity index (χ3n) is 4.27. The fourth-order valence-electron chi connectivity index (χ4n) is 2.91. The average Bonchev–Trinajstić information content (AvgIpc) is 2.76. The molecule has 17 heavy (non-hydrogen) atoms. The van der Waals surface area contributed by atoms with Crippen molar-refractivity contribution >= 4 is 5.90 Å². The van der Waals surface area contributed by atoms with Crippen molar-refractivity contribution in [3.8, 4) is 0 Å². The topological polar surface area (TPSA) is 24.8 Å². The van der Waals surface area contributed by atoms with Crippen molar-refractivity contribution in [2.45, 2.75) is 53.4 Å². The summed E-state index contributed by atoms with van der Waals surface area (Å²) in [6.45, 7) is 10.8. The van der Waals surface area contributed by atoms with Gasteiger partial charge >= 0.3 is 0 Å². The Balaban J connectivity index is 1.88. The Hall–Kier alpha value is -0.730. The van der Waals surface area contributed by atoms with Gasteiger partial charge in [-0.2, -0.15) is 0 Å². The van der Waals surface area contributed by atoms with Crippen LogP contribution in [0.5, 0.6) is 0 Å². The lowest BCUT2D eigenvalue weighted by atomic mass is 9.70. The maximum Gasteiger partial charge on any atom is 0.211 e. The maximum absolute atomic E-state index is 5.69. The number of nitrogens with zero attached hydrogens (tertiary/aromatic N) is 2. The SMILES string of the molecule is CCN1COC(C2CCC(C(C)(C)C)CC2)=N1. The van der Waals surface area contributed by atoms with Gasteiger partial charge in [-0.3, -0.25) is 5.01 Å². The summed E-state index contributed by atoms with van der Waals surface area (Å²) in [4.78, 5) is 0. The largest absolute Gasteiger partial charge is 0.457 e. The highest BCUT2D eigenvalue weighted by Crippen LogP contribution is 2.40. The molecule has 98 valence electrons. The van der Waals surface area contributed by atoms with Crippen molar-refractivity contribution in [2.24, 2.45) is 22.4 Å². The van der Waals surface area contributed by atoms with Crippen molar-refractivity contribution in [3.63, 3.8) is 0 Å². The smallest absolute Gasteiger partial charge is 0.211 e. The molecule has 0 atom stereocenters. The Bertz CT molecular complexity index is 285.